The molecular weight excluding hydrogens is 318 g/mol. The summed E-state index contributed by atoms with van der Waals surface area (Å²) in [4.78, 5) is 14.0. The van der Waals surface area contributed by atoms with E-state index < -0.39 is 0 Å². The lowest BCUT2D eigenvalue weighted by Gasteiger charge is -2.25. The summed E-state index contributed by atoms with van der Waals surface area (Å²) < 4.78 is 5.73. The summed E-state index contributed by atoms with van der Waals surface area (Å²) in [5.74, 6) is -0.288. The fourth-order valence-electron chi connectivity index (χ4n) is 2.63. The smallest absolute Gasteiger partial charge is 0.337 e. The van der Waals surface area contributed by atoms with Gasteiger partial charge in [0.2, 0.25) is 0 Å². The van der Waals surface area contributed by atoms with E-state index in [9.17, 15) is 4.79 Å². The number of nitrogens with zero attached hydrogens (tertiary/aromatic N) is 1. The van der Waals surface area contributed by atoms with Gasteiger partial charge in [0.15, 0.2) is 0 Å². The molecule has 2 rings (SSSR count). The molecule has 1 aromatic carbocycles. The maximum absolute atomic E-state index is 11.5. The molecule has 0 spiro atoms. The van der Waals surface area contributed by atoms with E-state index in [0.29, 0.717) is 5.56 Å². The second-order valence-electron chi connectivity index (χ2n) is 5.34. The number of ether oxygens (including phenoxy) is 1. The van der Waals surface area contributed by atoms with Crippen molar-refractivity contribution in [3.05, 3.63) is 33.8 Å². The van der Waals surface area contributed by atoms with Crippen LogP contribution in [-0.4, -0.2) is 31.1 Å². The first-order valence-corrected chi connectivity index (χ1v) is 8.09. The van der Waals surface area contributed by atoms with Gasteiger partial charge in [-0.1, -0.05) is 41.3 Å². The van der Waals surface area contributed by atoms with Crippen LogP contribution in [0.25, 0.3) is 0 Å². The summed E-state index contributed by atoms with van der Waals surface area (Å²) in [6, 6.07) is 5.72. The summed E-state index contributed by atoms with van der Waals surface area (Å²) in [7, 11) is 1.41. The summed E-state index contributed by atoms with van der Waals surface area (Å²) in [6.45, 7) is 3.29. The highest BCUT2D eigenvalue weighted by atomic mass is 79.9. The Hall–Kier alpha value is -0.870. The van der Waals surface area contributed by atoms with Gasteiger partial charge in [-0.3, -0.25) is 4.90 Å². The van der Waals surface area contributed by atoms with E-state index in [1.807, 2.05) is 18.2 Å². The molecule has 1 aliphatic heterocycles. The second kappa shape index (κ2) is 7.79. The molecule has 0 N–H and O–H groups in total. The lowest BCUT2D eigenvalue weighted by molar-refractivity contribution is 0.0600. The number of esters is 1. The number of carbonyl (C=O) groups is 1. The van der Waals surface area contributed by atoms with Gasteiger partial charge in [-0.05, 0) is 43.6 Å². The first kappa shape index (κ1) is 15.5. The van der Waals surface area contributed by atoms with Crippen LogP contribution in [0.3, 0.4) is 0 Å². The fourth-order valence-corrected chi connectivity index (χ4v) is 3.14. The highest BCUT2D eigenvalue weighted by Gasteiger charge is 2.12. The fraction of sp³-hybridized carbons (Fsp3) is 0.562. The predicted octanol–water partition coefficient (Wildman–Crippen LogP) is 4.00. The summed E-state index contributed by atoms with van der Waals surface area (Å²) in [5.41, 5.74) is 1.83. The van der Waals surface area contributed by atoms with E-state index >= 15 is 0 Å². The van der Waals surface area contributed by atoms with E-state index in [4.69, 9.17) is 4.74 Å². The van der Waals surface area contributed by atoms with Gasteiger partial charge in [-0.15, -0.1) is 0 Å². The Morgan fingerprint density at radius 1 is 1.20 bits per heavy atom. The Bertz CT molecular complexity index is 454. The number of hydrogen-bond acceptors (Lipinski definition) is 3. The molecule has 3 nitrogen and oxygen atoms in total. The number of benzene rings is 1. The molecule has 1 aromatic rings. The molecule has 1 heterocycles. The quantitative estimate of drug-likeness (QED) is 0.779. The standard InChI is InChI=1S/C16H22BrNO2/c1-20-16(19)13-7-8-14(15(17)11-13)12-18-9-5-3-2-4-6-10-18/h7-8,11H,2-6,9-10,12H2,1H3. The third-order valence-corrected chi connectivity index (χ3v) is 4.56. The van der Waals surface area contributed by atoms with Crippen molar-refractivity contribution < 1.29 is 9.53 Å². The van der Waals surface area contributed by atoms with E-state index in [1.54, 1.807) is 0 Å². The van der Waals surface area contributed by atoms with Crippen molar-refractivity contribution in [3.8, 4) is 0 Å². The number of methoxy groups -OCH3 is 1. The molecule has 0 unspecified atom stereocenters. The molecule has 1 aliphatic rings. The first-order chi connectivity index (χ1) is 9.70. The molecular formula is C16H22BrNO2. The van der Waals surface area contributed by atoms with Crippen molar-refractivity contribution in [2.75, 3.05) is 20.2 Å². The van der Waals surface area contributed by atoms with E-state index in [2.05, 4.69) is 20.8 Å². The number of halogens is 1. The van der Waals surface area contributed by atoms with Crippen molar-refractivity contribution in [2.45, 2.75) is 38.6 Å². The third kappa shape index (κ3) is 4.32. The molecule has 1 fully saturated rings. The van der Waals surface area contributed by atoms with E-state index in [0.717, 1.165) is 11.0 Å². The molecule has 0 radical (unpaired) electrons. The monoisotopic (exact) mass is 339 g/mol. The third-order valence-electron chi connectivity index (χ3n) is 3.82. The molecule has 1 saturated heterocycles. The van der Waals surface area contributed by atoms with Gasteiger partial charge in [0.1, 0.15) is 0 Å². The summed E-state index contributed by atoms with van der Waals surface area (Å²) >= 11 is 3.57. The van der Waals surface area contributed by atoms with Crippen LogP contribution in [0.15, 0.2) is 22.7 Å². The molecule has 110 valence electrons. The molecule has 0 aromatic heterocycles. The van der Waals surface area contributed by atoms with Crippen LogP contribution in [0.4, 0.5) is 0 Å². The van der Waals surface area contributed by atoms with Gasteiger partial charge >= 0.3 is 5.97 Å². The van der Waals surface area contributed by atoms with Crippen LogP contribution in [0.2, 0.25) is 0 Å². The average molecular weight is 340 g/mol. The number of rotatable bonds is 3. The topological polar surface area (TPSA) is 29.5 Å². The largest absolute Gasteiger partial charge is 0.465 e. The maximum Gasteiger partial charge on any atom is 0.337 e. The minimum Gasteiger partial charge on any atom is -0.465 e. The van der Waals surface area contributed by atoms with Crippen molar-refractivity contribution in [2.24, 2.45) is 0 Å². The number of likely N-dealkylation sites (tertiary alicyclic amines) is 1. The zero-order valence-corrected chi connectivity index (χ0v) is 13.6. The van der Waals surface area contributed by atoms with Gasteiger partial charge in [-0.2, -0.15) is 0 Å². The van der Waals surface area contributed by atoms with Crippen LogP contribution in [0.1, 0.15) is 48.0 Å². The summed E-state index contributed by atoms with van der Waals surface area (Å²) in [5, 5.41) is 0. The Labute approximate surface area is 129 Å². The molecule has 0 amide bonds. The average Bonchev–Trinajstić information content (AvgIpc) is 2.42. The zero-order valence-electron chi connectivity index (χ0n) is 12.0. The SMILES string of the molecule is COC(=O)c1ccc(CN2CCCCCCC2)c(Br)c1. The van der Waals surface area contributed by atoms with Gasteiger partial charge in [-0.25, -0.2) is 4.79 Å². The molecule has 0 aliphatic carbocycles. The normalized spacial score (nSPS) is 17.3. The molecule has 0 atom stereocenters. The number of hydrogen-bond donors (Lipinski definition) is 0. The summed E-state index contributed by atoms with van der Waals surface area (Å²) in [6.07, 6.45) is 6.65. The van der Waals surface area contributed by atoms with Crippen LogP contribution < -0.4 is 0 Å². The van der Waals surface area contributed by atoms with Crippen molar-refractivity contribution in [1.82, 2.24) is 4.90 Å². The second-order valence-corrected chi connectivity index (χ2v) is 6.20. The first-order valence-electron chi connectivity index (χ1n) is 7.30. The van der Waals surface area contributed by atoms with Crippen LogP contribution in [0.5, 0.6) is 0 Å². The van der Waals surface area contributed by atoms with Crippen LogP contribution in [0, 0.1) is 0 Å². The molecule has 0 saturated carbocycles. The number of carbonyl (C=O) groups excluding carboxylic acids is 1. The Morgan fingerprint density at radius 2 is 1.85 bits per heavy atom. The highest BCUT2D eigenvalue weighted by Crippen LogP contribution is 2.22. The maximum atomic E-state index is 11.5. The van der Waals surface area contributed by atoms with Gasteiger partial charge in [0, 0.05) is 11.0 Å². The Kier molecular flexibility index (Phi) is 6.05. The predicted molar refractivity (Wildman–Crippen MR) is 83.8 cm³/mol. The van der Waals surface area contributed by atoms with Gasteiger partial charge in [0.05, 0.1) is 12.7 Å². The van der Waals surface area contributed by atoms with E-state index in [1.165, 1.54) is 57.9 Å². The lowest BCUT2D eigenvalue weighted by atomic mass is 10.1. The zero-order chi connectivity index (χ0) is 14.4. The Balaban J connectivity index is 2.03. The van der Waals surface area contributed by atoms with Gasteiger partial charge < -0.3 is 4.74 Å². The van der Waals surface area contributed by atoms with Crippen molar-refractivity contribution in [1.29, 1.82) is 0 Å². The van der Waals surface area contributed by atoms with Crippen LogP contribution >= 0.6 is 15.9 Å². The molecule has 20 heavy (non-hydrogen) atoms. The minimum atomic E-state index is -0.288. The minimum absolute atomic E-state index is 0.288. The van der Waals surface area contributed by atoms with Crippen molar-refractivity contribution in [3.63, 3.8) is 0 Å². The van der Waals surface area contributed by atoms with Gasteiger partial charge in [0.25, 0.3) is 0 Å². The van der Waals surface area contributed by atoms with Crippen molar-refractivity contribution >= 4 is 21.9 Å². The Morgan fingerprint density at radius 3 is 2.45 bits per heavy atom. The lowest BCUT2D eigenvalue weighted by Crippen LogP contribution is -2.27. The molecule has 0 bridgehead atoms. The van der Waals surface area contributed by atoms with E-state index in [-0.39, 0.29) is 5.97 Å². The highest BCUT2D eigenvalue weighted by molar-refractivity contribution is 9.10. The van der Waals surface area contributed by atoms with Crippen LogP contribution in [-0.2, 0) is 11.3 Å². The molecule has 4 heteroatoms.